The van der Waals surface area contributed by atoms with Gasteiger partial charge in [-0.15, -0.1) is 0 Å². The molecule has 0 heterocycles. The summed E-state index contributed by atoms with van der Waals surface area (Å²) in [7, 11) is 0. The molecule has 1 amide bonds. The summed E-state index contributed by atoms with van der Waals surface area (Å²) in [6.45, 7) is 0.304. The molecule has 0 saturated heterocycles. The lowest BCUT2D eigenvalue weighted by Crippen LogP contribution is -2.20. The normalized spacial score (nSPS) is 10.7. The summed E-state index contributed by atoms with van der Waals surface area (Å²) in [6, 6.07) is 17.4. The number of ether oxygens (including phenoxy) is 1. The van der Waals surface area contributed by atoms with Gasteiger partial charge in [-0.2, -0.15) is 5.10 Å². The molecule has 0 bridgehead atoms. The zero-order valence-corrected chi connectivity index (χ0v) is 17.8. The van der Waals surface area contributed by atoms with Gasteiger partial charge in [0, 0.05) is 22.2 Å². The second-order valence-electron chi connectivity index (χ2n) is 6.75. The van der Waals surface area contributed by atoms with E-state index >= 15 is 0 Å². The van der Waals surface area contributed by atoms with Crippen LogP contribution in [0.25, 0.3) is 0 Å². The number of benzene rings is 3. The predicted octanol–water partition coefficient (Wildman–Crippen LogP) is 4.43. The monoisotopic (exact) mass is 468 g/mol. The van der Waals surface area contributed by atoms with Gasteiger partial charge in [-0.1, -0.05) is 35.9 Å². The van der Waals surface area contributed by atoms with Gasteiger partial charge >= 0.3 is 0 Å². The molecule has 11 heteroatoms. The van der Waals surface area contributed by atoms with E-state index in [0.29, 0.717) is 22.9 Å². The Morgan fingerprint density at radius 3 is 2.45 bits per heavy atom. The molecule has 0 aromatic heterocycles. The van der Waals surface area contributed by atoms with Crippen molar-refractivity contribution in [1.82, 2.24) is 5.43 Å². The van der Waals surface area contributed by atoms with Crippen LogP contribution in [0.5, 0.6) is 5.75 Å². The molecule has 0 aliphatic rings. The molecule has 3 rings (SSSR count). The number of nitrogens with zero attached hydrogens (tertiary/aromatic N) is 3. The molecule has 0 atom stereocenters. The van der Waals surface area contributed by atoms with E-state index in [9.17, 15) is 25.0 Å². The minimum atomic E-state index is -0.771. The molecule has 1 N–H and O–H groups in total. The average molecular weight is 469 g/mol. The second kappa shape index (κ2) is 10.8. The van der Waals surface area contributed by atoms with E-state index in [1.165, 1.54) is 12.3 Å². The number of carbonyl (C=O) groups excluding carboxylic acids is 1. The lowest BCUT2D eigenvalue weighted by molar-refractivity contribution is -0.394. The zero-order chi connectivity index (χ0) is 23.8. The van der Waals surface area contributed by atoms with E-state index in [1.807, 2.05) is 12.1 Å². The van der Waals surface area contributed by atoms with Crippen LogP contribution < -0.4 is 10.2 Å². The van der Waals surface area contributed by atoms with E-state index < -0.39 is 27.1 Å². The van der Waals surface area contributed by atoms with Crippen molar-refractivity contribution in [2.45, 2.75) is 13.0 Å². The van der Waals surface area contributed by atoms with Crippen molar-refractivity contribution < 1.29 is 19.4 Å². The highest BCUT2D eigenvalue weighted by atomic mass is 35.5. The lowest BCUT2D eigenvalue weighted by Gasteiger charge is -2.09. The van der Waals surface area contributed by atoms with Crippen molar-refractivity contribution in [3.63, 3.8) is 0 Å². The van der Waals surface area contributed by atoms with Gasteiger partial charge in [0.2, 0.25) is 5.91 Å². The Kier molecular flexibility index (Phi) is 7.66. The number of carbonyl (C=O) groups is 1. The zero-order valence-electron chi connectivity index (χ0n) is 17.0. The third-order valence-electron chi connectivity index (χ3n) is 4.45. The molecule has 0 aliphatic carbocycles. The van der Waals surface area contributed by atoms with E-state index in [-0.39, 0.29) is 12.0 Å². The van der Waals surface area contributed by atoms with Crippen LogP contribution >= 0.6 is 11.6 Å². The van der Waals surface area contributed by atoms with Crippen molar-refractivity contribution in [1.29, 1.82) is 0 Å². The Morgan fingerprint density at radius 2 is 1.76 bits per heavy atom. The van der Waals surface area contributed by atoms with Gasteiger partial charge in [-0.25, -0.2) is 5.43 Å². The quantitative estimate of drug-likeness (QED) is 0.280. The van der Waals surface area contributed by atoms with Crippen LogP contribution in [-0.2, 0) is 17.8 Å². The molecule has 0 spiro atoms. The van der Waals surface area contributed by atoms with Crippen molar-refractivity contribution in [3.8, 4) is 5.75 Å². The third kappa shape index (κ3) is 6.58. The van der Waals surface area contributed by atoms with Gasteiger partial charge in [-0.3, -0.25) is 25.0 Å². The Hall–Kier alpha value is -4.31. The first-order valence-electron chi connectivity index (χ1n) is 9.53. The number of hydrogen-bond acceptors (Lipinski definition) is 7. The molecule has 0 fully saturated rings. The maximum Gasteiger partial charge on any atom is 0.279 e. The summed E-state index contributed by atoms with van der Waals surface area (Å²) in [5.74, 6) is -0.0841. The summed E-state index contributed by atoms with van der Waals surface area (Å²) in [6.07, 6.45) is 1.01. The van der Waals surface area contributed by atoms with Gasteiger partial charge < -0.3 is 4.74 Å². The molecule has 168 valence electrons. The minimum Gasteiger partial charge on any atom is -0.488 e. The van der Waals surface area contributed by atoms with Crippen LogP contribution in [-0.4, -0.2) is 22.0 Å². The fourth-order valence-electron chi connectivity index (χ4n) is 2.83. The maximum atomic E-state index is 12.2. The highest BCUT2D eigenvalue weighted by molar-refractivity contribution is 6.30. The van der Waals surface area contributed by atoms with Crippen molar-refractivity contribution >= 4 is 35.1 Å². The summed E-state index contributed by atoms with van der Waals surface area (Å²) in [5, 5.41) is 26.5. The number of hydrazone groups is 1. The molecule has 0 saturated carbocycles. The Morgan fingerprint density at radius 1 is 1.03 bits per heavy atom. The standard InChI is InChI=1S/C22H17ClN4O6/c23-18-8-5-15(6-9-18)14-33-21-4-2-1-3-17(21)13-24-25-22(28)11-16-7-10-19(26(29)30)12-20(16)27(31)32/h1-10,12-13H,11,14H2,(H,25,28)/b24-13+. The number of hydrogen-bond donors (Lipinski definition) is 1. The molecular formula is C22H17ClN4O6. The van der Waals surface area contributed by atoms with Crippen molar-refractivity contribution in [2.24, 2.45) is 5.10 Å². The lowest BCUT2D eigenvalue weighted by atomic mass is 10.1. The third-order valence-corrected chi connectivity index (χ3v) is 4.70. The van der Waals surface area contributed by atoms with E-state index in [2.05, 4.69) is 10.5 Å². The van der Waals surface area contributed by atoms with Crippen LogP contribution in [0.3, 0.4) is 0 Å². The van der Waals surface area contributed by atoms with Crippen LogP contribution in [0.1, 0.15) is 16.7 Å². The van der Waals surface area contributed by atoms with Gasteiger partial charge in [0.1, 0.15) is 12.4 Å². The van der Waals surface area contributed by atoms with Gasteiger partial charge in [0.15, 0.2) is 0 Å². The summed E-state index contributed by atoms with van der Waals surface area (Å²) < 4.78 is 5.81. The van der Waals surface area contributed by atoms with Crippen LogP contribution in [0.15, 0.2) is 71.8 Å². The Balaban J connectivity index is 1.63. The maximum absolute atomic E-state index is 12.2. The van der Waals surface area contributed by atoms with Crippen LogP contribution in [0, 0.1) is 20.2 Å². The fourth-order valence-corrected chi connectivity index (χ4v) is 2.96. The van der Waals surface area contributed by atoms with Crippen LogP contribution in [0.4, 0.5) is 11.4 Å². The highest BCUT2D eigenvalue weighted by Gasteiger charge is 2.21. The first kappa shape index (κ1) is 23.4. The number of halogens is 1. The van der Waals surface area contributed by atoms with Gasteiger partial charge in [0.25, 0.3) is 11.4 Å². The summed E-state index contributed by atoms with van der Waals surface area (Å²) in [4.78, 5) is 32.7. The molecule has 0 aliphatic heterocycles. The summed E-state index contributed by atoms with van der Waals surface area (Å²) >= 11 is 5.88. The molecular weight excluding hydrogens is 452 g/mol. The first-order valence-corrected chi connectivity index (χ1v) is 9.91. The number of non-ortho nitro benzene ring substituents is 1. The molecule has 33 heavy (non-hydrogen) atoms. The molecule has 3 aromatic rings. The Bertz CT molecular complexity index is 1210. The first-order chi connectivity index (χ1) is 15.8. The predicted molar refractivity (Wildman–Crippen MR) is 121 cm³/mol. The molecule has 10 nitrogen and oxygen atoms in total. The minimum absolute atomic E-state index is 0.0324. The second-order valence-corrected chi connectivity index (χ2v) is 7.19. The van der Waals surface area contributed by atoms with Gasteiger partial charge in [0.05, 0.1) is 28.5 Å². The van der Waals surface area contributed by atoms with E-state index in [4.69, 9.17) is 16.3 Å². The number of nitro groups is 2. The molecule has 3 aromatic carbocycles. The molecule has 0 radical (unpaired) electrons. The largest absolute Gasteiger partial charge is 0.488 e. The number of nitrogens with one attached hydrogen (secondary N) is 1. The molecule has 0 unspecified atom stereocenters. The SMILES string of the molecule is O=C(Cc1ccc([N+](=O)[O-])cc1[N+](=O)[O-])N/N=C/c1ccccc1OCc1ccc(Cl)cc1. The average Bonchev–Trinajstić information content (AvgIpc) is 2.79. The fraction of sp³-hybridized carbons (Fsp3) is 0.0909. The number of para-hydroxylation sites is 1. The Labute approximate surface area is 192 Å². The van der Waals surface area contributed by atoms with Crippen molar-refractivity contribution in [3.05, 3.63) is 109 Å². The topological polar surface area (TPSA) is 137 Å². The van der Waals surface area contributed by atoms with Gasteiger partial charge in [-0.05, 0) is 35.9 Å². The smallest absolute Gasteiger partial charge is 0.279 e. The number of rotatable bonds is 9. The highest BCUT2D eigenvalue weighted by Crippen LogP contribution is 2.25. The summed E-state index contributed by atoms with van der Waals surface area (Å²) in [5.41, 5.74) is 2.91. The number of amides is 1. The number of nitro benzene ring substituents is 2. The van der Waals surface area contributed by atoms with Crippen molar-refractivity contribution in [2.75, 3.05) is 0 Å². The van der Waals surface area contributed by atoms with Crippen LogP contribution in [0.2, 0.25) is 5.02 Å². The van der Waals surface area contributed by atoms with E-state index in [1.54, 1.807) is 36.4 Å². The van der Waals surface area contributed by atoms with E-state index in [0.717, 1.165) is 17.7 Å².